The van der Waals surface area contributed by atoms with Crippen LogP contribution < -0.4 is 4.74 Å². The SMILES string of the molecule is CCCCCC(O)CCC1C(O)CC2Cc3c(cccc3OCC(=O)OC(C)C(=O)OC)CC21. The molecule has 6 unspecified atom stereocenters. The first-order chi connectivity index (χ1) is 16.3. The molecule has 34 heavy (non-hydrogen) atoms. The number of rotatable bonds is 12. The number of hydrogen-bond donors (Lipinski definition) is 2. The second kappa shape index (κ2) is 12.5. The van der Waals surface area contributed by atoms with Crippen LogP contribution in [0.15, 0.2) is 18.2 Å². The van der Waals surface area contributed by atoms with Crippen LogP contribution in [0.1, 0.15) is 69.9 Å². The van der Waals surface area contributed by atoms with Crippen LogP contribution in [0.3, 0.4) is 0 Å². The second-order valence-electron chi connectivity index (χ2n) is 9.86. The van der Waals surface area contributed by atoms with E-state index in [-0.39, 0.29) is 24.7 Å². The van der Waals surface area contributed by atoms with Gasteiger partial charge in [-0.1, -0.05) is 38.3 Å². The fourth-order valence-corrected chi connectivity index (χ4v) is 5.68. The van der Waals surface area contributed by atoms with Crippen molar-refractivity contribution in [2.75, 3.05) is 13.7 Å². The number of aliphatic hydroxyl groups is 2. The summed E-state index contributed by atoms with van der Waals surface area (Å²) in [4.78, 5) is 23.5. The van der Waals surface area contributed by atoms with Gasteiger partial charge in [-0.15, -0.1) is 0 Å². The number of esters is 2. The first-order valence-electron chi connectivity index (χ1n) is 12.7. The third-order valence-electron chi connectivity index (χ3n) is 7.51. The zero-order valence-electron chi connectivity index (χ0n) is 20.7. The highest BCUT2D eigenvalue weighted by molar-refractivity contribution is 5.79. The van der Waals surface area contributed by atoms with E-state index in [0.29, 0.717) is 17.6 Å². The lowest BCUT2D eigenvalue weighted by molar-refractivity contribution is -0.165. The van der Waals surface area contributed by atoms with Crippen LogP contribution in [0.5, 0.6) is 5.75 Å². The zero-order valence-corrected chi connectivity index (χ0v) is 20.7. The first kappa shape index (κ1) is 26.5. The van der Waals surface area contributed by atoms with Gasteiger partial charge >= 0.3 is 11.9 Å². The largest absolute Gasteiger partial charge is 0.482 e. The third-order valence-corrected chi connectivity index (χ3v) is 7.51. The van der Waals surface area contributed by atoms with Crippen LogP contribution in [0.2, 0.25) is 0 Å². The van der Waals surface area contributed by atoms with E-state index in [2.05, 4.69) is 17.7 Å². The Kier molecular flexibility index (Phi) is 9.77. The topological polar surface area (TPSA) is 102 Å². The summed E-state index contributed by atoms with van der Waals surface area (Å²) in [7, 11) is 1.24. The molecular weight excluding hydrogens is 436 g/mol. The average molecular weight is 477 g/mol. The van der Waals surface area contributed by atoms with E-state index in [1.807, 2.05) is 12.1 Å². The van der Waals surface area contributed by atoms with Crippen molar-refractivity contribution in [3.8, 4) is 5.75 Å². The van der Waals surface area contributed by atoms with E-state index in [9.17, 15) is 19.8 Å². The highest BCUT2D eigenvalue weighted by atomic mass is 16.6. The smallest absolute Gasteiger partial charge is 0.346 e. The molecule has 0 heterocycles. The molecule has 1 fully saturated rings. The first-order valence-corrected chi connectivity index (χ1v) is 12.7. The van der Waals surface area contributed by atoms with Crippen LogP contribution in [-0.2, 0) is 31.9 Å². The van der Waals surface area contributed by atoms with Crippen molar-refractivity contribution in [2.24, 2.45) is 17.8 Å². The maximum Gasteiger partial charge on any atom is 0.346 e. The number of carbonyl (C=O) groups is 2. The summed E-state index contributed by atoms with van der Waals surface area (Å²) < 4.78 is 15.4. The molecule has 3 rings (SSSR count). The predicted molar refractivity (Wildman–Crippen MR) is 127 cm³/mol. The molecule has 7 nitrogen and oxygen atoms in total. The van der Waals surface area contributed by atoms with Crippen LogP contribution in [0.4, 0.5) is 0 Å². The number of aliphatic hydroxyl groups excluding tert-OH is 2. The summed E-state index contributed by atoms with van der Waals surface area (Å²) in [6, 6.07) is 5.87. The highest BCUT2D eigenvalue weighted by Crippen LogP contribution is 2.48. The van der Waals surface area contributed by atoms with Crippen LogP contribution >= 0.6 is 0 Å². The molecule has 2 N–H and O–H groups in total. The van der Waals surface area contributed by atoms with Crippen molar-refractivity contribution in [1.29, 1.82) is 0 Å². The molecule has 7 heteroatoms. The molecular formula is C27H40O7. The van der Waals surface area contributed by atoms with E-state index in [4.69, 9.17) is 9.47 Å². The van der Waals surface area contributed by atoms with Gasteiger partial charge in [-0.2, -0.15) is 0 Å². The van der Waals surface area contributed by atoms with Gasteiger partial charge in [-0.3, -0.25) is 0 Å². The number of fused-ring (bicyclic) bond motifs is 2. The highest BCUT2D eigenvalue weighted by Gasteiger charge is 2.44. The Hall–Kier alpha value is -2.12. The van der Waals surface area contributed by atoms with Crippen molar-refractivity contribution in [2.45, 2.75) is 89.9 Å². The number of ether oxygens (including phenoxy) is 3. The third kappa shape index (κ3) is 6.72. The molecule has 0 aromatic heterocycles. The Morgan fingerprint density at radius 3 is 2.71 bits per heavy atom. The van der Waals surface area contributed by atoms with Crippen molar-refractivity contribution < 1.29 is 34.0 Å². The summed E-state index contributed by atoms with van der Waals surface area (Å²) in [5, 5.41) is 21.2. The van der Waals surface area contributed by atoms with Gasteiger partial charge in [0.2, 0.25) is 0 Å². The summed E-state index contributed by atoms with van der Waals surface area (Å²) in [5.41, 5.74) is 2.28. The lowest BCUT2D eigenvalue weighted by Gasteiger charge is -2.32. The second-order valence-corrected chi connectivity index (χ2v) is 9.86. The Morgan fingerprint density at radius 2 is 1.97 bits per heavy atom. The minimum Gasteiger partial charge on any atom is -0.482 e. The summed E-state index contributed by atoms with van der Waals surface area (Å²) in [6.45, 7) is 3.34. The monoisotopic (exact) mass is 476 g/mol. The fourth-order valence-electron chi connectivity index (χ4n) is 5.68. The number of methoxy groups -OCH3 is 1. The molecule has 1 aromatic rings. The average Bonchev–Trinajstić information content (AvgIpc) is 3.13. The molecule has 190 valence electrons. The van der Waals surface area contributed by atoms with E-state index in [1.54, 1.807) is 0 Å². The zero-order chi connectivity index (χ0) is 24.7. The summed E-state index contributed by atoms with van der Waals surface area (Å²) in [5.74, 6) is 0.380. The molecule has 0 radical (unpaired) electrons. The van der Waals surface area contributed by atoms with E-state index < -0.39 is 18.0 Å². The Morgan fingerprint density at radius 1 is 1.18 bits per heavy atom. The van der Waals surface area contributed by atoms with Gasteiger partial charge in [0.15, 0.2) is 12.7 Å². The minimum atomic E-state index is -0.978. The van der Waals surface area contributed by atoms with E-state index in [1.165, 1.54) is 19.6 Å². The summed E-state index contributed by atoms with van der Waals surface area (Å²) in [6.07, 6.45) is 6.63. The van der Waals surface area contributed by atoms with Gasteiger partial charge in [-0.05, 0) is 80.4 Å². The number of unbranched alkanes of at least 4 members (excludes halogenated alkanes) is 2. The molecule has 0 saturated heterocycles. The molecule has 0 amide bonds. The fraction of sp³-hybridized carbons (Fsp3) is 0.704. The molecule has 6 atom stereocenters. The van der Waals surface area contributed by atoms with Gasteiger partial charge in [0.05, 0.1) is 19.3 Å². The Labute approximate surface area is 202 Å². The predicted octanol–water partition coefficient (Wildman–Crippen LogP) is 3.60. The lowest BCUT2D eigenvalue weighted by Crippen LogP contribution is -2.29. The molecule has 2 aliphatic rings. The number of carbonyl (C=O) groups excluding carboxylic acids is 2. The molecule has 1 saturated carbocycles. The number of hydrogen-bond acceptors (Lipinski definition) is 7. The molecule has 0 aliphatic heterocycles. The minimum absolute atomic E-state index is 0.207. The normalized spacial score (nSPS) is 25.1. The lowest BCUT2D eigenvalue weighted by atomic mass is 9.73. The van der Waals surface area contributed by atoms with Gasteiger partial charge in [0, 0.05) is 0 Å². The molecule has 0 spiro atoms. The summed E-state index contributed by atoms with van der Waals surface area (Å²) >= 11 is 0. The van der Waals surface area contributed by atoms with Crippen LogP contribution in [0.25, 0.3) is 0 Å². The van der Waals surface area contributed by atoms with Gasteiger partial charge in [0.1, 0.15) is 5.75 Å². The van der Waals surface area contributed by atoms with Crippen LogP contribution in [-0.4, -0.2) is 54.2 Å². The van der Waals surface area contributed by atoms with Crippen molar-refractivity contribution in [1.82, 2.24) is 0 Å². The van der Waals surface area contributed by atoms with E-state index in [0.717, 1.165) is 63.4 Å². The van der Waals surface area contributed by atoms with Crippen molar-refractivity contribution in [3.63, 3.8) is 0 Å². The van der Waals surface area contributed by atoms with Gasteiger partial charge < -0.3 is 24.4 Å². The maximum atomic E-state index is 12.1. The molecule has 0 bridgehead atoms. The quantitative estimate of drug-likeness (QED) is 0.351. The molecule has 2 aliphatic carbocycles. The van der Waals surface area contributed by atoms with Gasteiger partial charge in [-0.25, -0.2) is 9.59 Å². The number of benzene rings is 1. The molecule has 1 aromatic carbocycles. The Bertz CT molecular complexity index is 823. The van der Waals surface area contributed by atoms with Crippen molar-refractivity contribution >= 4 is 11.9 Å². The van der Waals surface area contributed by atoms with Gasteiger partial charge in [0.25, 0.3) is 0 Å². The van der Waals surface area contributed by atoms with E-state index >= 15 is 0 Å². The standard InChI is InChI=1S/C27H40O7/c1-4-5-6-9-20(28)11-12-21-22-13-18-8-7-10-25(23(18)14-19(22)15-24(21)29)33-16-26(30)34-17(2)27(31)32-3/h7-8,10,17,19-22,24,28-29H,4-6,9,11-16H2,1-3H3. The van der Waals surface area contributed by atoms with Crippen molar-refractivity contribution in [3.05, 3.63) is 29.3 Å². The Balaban J connectivity index is 1.58. The maximum absolute atomic E-state index is 12.1. The van der Waals surface area contributed by atoms with Crippen LogP contribution in [0, 0.1) is 17.8 Å².